The van der Waals surface area contributed by atoms with Gasteiger partial charge in [-0.1, -0.05) is 27.7 Å². The van der Waals surface area contributed by atoms with Crippen LogP contribution in [0, 0.1) is 39.9 Å². The van der Waals surface area contributed by atoms with Crippen molar-refractivity contribution in [3.8, 4) is 0 Å². The van der Waals surface area contributed by atoms with Gasteiger partial charge in [-0.25, -0.2) is 0 Å². The van der Waals surface area contributed by atoms with Gasteiger partial charge in [-0.3, -0.25) is 0 Å². The lowest BCUT2D eigenvalue weighted by Crippen LogP contribution is -2.33. The number of hydrogen-bond donors (Lipinski definition) is 0. The third-order valence-electron chi connectivity index (χ3n) is 7.86. The van der Waals surface area contributed by atoms with Crippen molar-refractivity contribution < 1.29 is 4.74 Å². The van der Waals surface area contributed by atoms with Crippen molar-refractivity contribution in [2.75, 3.05) is 0 Å². The van der Waals surface area contributed by atoms with Crippen molar-refractivity contribution in [1.29, 1.82) is 0 Å². The highest BCUT2D eigenvalue weighted by atomic mass is 16.6. The molecule has 8 atom stereocenters. The van der Waals surface area contributed by atoms with Crippen LogP contribution in [0.15, 0.2) is 0 Å². The van der Waals surface area contributed by atoms with Crippen molar-refractivity contribution in [1.82, 2.24) is 0 Å². The summed E-state index contributed by atoms with van der Waals surface area (Å²) >= 11 is 0. The normalized spacial score (nSPS) is 75.8. The molecule has 1 nitrogen and oxygen atoms in total. The van der Waals surface area contributed by atoms with Crippen molar-refractivity contribution in [2.24, 2.45) is 39.9 Å². The van der Waals surface area contributed by atoms with Crippen LogP contribution in [0.2, 0.25) is 0 Å². The van der Waals surface area contributed by atoms with Gasteiger partial charge in [0.15, 0.2) is 0 Å². The molecule has 0 aromatic carbocycles. The Morgan fingerprint density at radius 1 is 1.00 bits per heavy atom. The summed E-state index contributed by atoms with van der Waals surface area (Å²) in [5, 5.41) is 0. The van der Waals surface area contributed by atoms with E-state index in [1.165, 1.54) is 12.8 Å². The summed E-state index contributed by atoms with van der Waals surface area (Å²) in [5.74, 6) is 3.79. The summed E-state index contributed by atoms with van der Waals surface area (Å²) in [4.78, 5) is 0. The third-order valence-corrected chi connectivity index (χ3v) is 7.86. The van der Waals surface area contributed by atoms with E-state index in [1.54, 1.807) is 0 Å². The molecule has 2 unspecified atom stereocenters. The summed E-state index contributed by atoms with van der Waals surface area (Å²) in [6.45, 7) is 10.2. The van der Waals surface area contributed by atoms with Crippen LogP contribution in [0.4, 0.5) is 0 Å². The highest BCUT2D eigenvalue weighted by Gasteiger charge is 2.98. The first-order valence-corrected chi connectivity index (χ1v) is 7.14. The highest BCUT2D eigenvalue weighted by Crippen LogP contribution is 2.97. The SMILES string of the molecule is C[C@@H]1CC[C@H]2C(C)(C)[C@H]3[C@H]4O[C@H]4C4C12[C@@]43C. The van der Waals surface area contributed by atoms with Crippen LogP contribution >= 0.6 is 0 Å². The zero-order chi connectivity index (χ0) is 11.1. The first-order valence-electron chi connectivity index (χ1n) is 7.14. The summed E-state index contributed by atoms with van der Waals surface area (Å²) in [7, 11) is 0. The summed E-state index contributed by atoms with van der Waals surface area (Å²) in [6, 6.07) is 0. The van der Waals surface area contributed by atoms with Gasteiger partial charge in [0, 0.05) is 5.92 Å². The molecule has 0 amide bonds. The standard InChI is InChI=1S/C15H22O/c1-7-5-6-8-13(2,3)11-9-10(16-9)12-14(11,4)15(7,8)12/h7-12H,5-6H2,1-4H3/t7-,8+,9+,10-,11-,12?,14-,15?/m1/s1. The predicted molar refractivity (Wildman–Crippen MR) is 61.9 cm³/mol. The molecule has 0 aromatic heterocycles. The third kappa shape index (κ3) is 0.508. The molecule has 1 spiro atoms. The number of ether oxygens (including phenoxy) is 1. The molecule has 4 saturated carbocycles. The lowest BCUT2D eigenvalue weighted by Gasteiger charge is -2.36. The quantitative estimate of drug-likeness (QED) is 0.569. The number of fused-ring (bicyclic) bond motifs is 3. The molecule has 4 aliphatic carbocycles. The molecule has 0 N–H and O–H groups in total. The Morgan fingerprint density at radius 3 is 2.44 bits per heavy atom. The Morgan fingerprint density at radius 2 is 1.69 bits per heavy atom. The molecular formula is C15H22O. The summed E-state index contributed by atoms with van der Waals surface area (Å²) in [6.07, 6.45) is 4.31. The second kappa shape index (κ2) is 1.92. The zero-order valence-electron chi connectivity index (χ0n) is 10.8. The highest BCUT2D eigenvalue weighted by molar-refractivity contribution is 5.44. The molecular weight excluding hydrogens is 196 g/mol. The molecule has 5 aliphatic rings. The Kier molecular flexibility index (Phi) is 1.08. The number of rotatable bonds is 0. The second-order valence-corrected chi connectivity index (χ2v) is 8.09. The monoisotopic (exact) mass is 218 g/mol. The molecule has 0 radical (unpaired) electrons. The van der Waals surface area contributed by atoms with E-state index in [0.29, 0.717) is 28.5 Å². The minimum Gasteiger partial charge on any atom is -0.369 e. The first kappa shape index (κ1) is 8.97. The Bertz CT molecular complexity index is 414. The van der Waals surface area contributed by atoms with Gasteiger partial charge in [-0.2, -0.15) is 0 Å². The molecule has 1 heterocycles. The largest absolute Gasteiger partial charge is 0.369 e. The van der Waals surface area contributed by atoms with Crippen molar-refractivity contribution in [3.05, 3.63) is 0 Å². The fraction of sp³-hybridized carbons (Fsp3) is 1.00. The Hall–Kier alpha value is -0.0400. The van der Waals surface area contributed by atoms with E-state index >= 15 is 0 Å². The lowest BCUT2D eigenvalue weighted by atomic mass is 9.69. The predicted octanol–water partition coefficient (Wildman–Crippen LogP) is 3.09. The molecule has 0 bridgehead atoms. The fourth-order valence-electron chi connectivity index (χ4n) is 7.89. The van der Waals surface area contributed by atoms with Crippen LogP contribution in [0.1, 0.15) is 40.5 Å². The minimum absolute atomic E-state index is 0.548. The zero-order valence-corrected chi connectivity index (χ0v) is 10.8. The van der Waals surface area contributed by atoms with Crippen molar-refractivity contribution >= 4 is 0 Å². The van der Waals surface area contributed by atoms with Gasteiger partial charge in [-0.15, -0.1) is 0 Å². The van der Waals surface area contributed by atoms with E-state index in [2.05, 4.69) is 27.7 Å². The van der Waals surface area contributed by atoms with Gasteiger partial charge >= 0.3 is 0 Å². The smallest absolute Gasteiger partial charge is 0.0884 e. The fourth-order valence-corrected chi connectivity index (χ4v) is 7.89. The van der Waals surface area contributed by atoms with Gasteiger partial charge in [0.2, 0.25) is 0 Å². The molecule has 5 fully saturated rings. The van der Waals surface area contributed by atoms with Gasteiger partial charge in [0.05, 0.1) is 12.2 Å². The molecule has 0 aromatic rings. The van der Waals surface area contributed by atoms with Gasteiger partial charge < -0.3 is 4.74 Å². The topological polar surface area (TPSA) is 12.5 Å². The van der Waals surface area contributed by atoms with Crippen molar-refractivity contribution in [2.45, 2.75) is 52.7 Å². The second-order valence-electron chi connectivity index (χ2n) is 8.09. The van der Waals surface area contributed by atoms with Crippen LogP contribution in [0.3, 0.4) is 0 Å². The van der Waals surface area contributed by atoms with E-state index in [4.69, 9.17) is 4.74 Å². The maximum atomic E-state index is 5.99. The summed E-state index contributed by atoms with van der Waals surface area (Å²) in [5.41, 5.74) is 1.93. The first-order chi connectivity index (χ1) is 7.48. The number of hydrogen-bond acceptors (Lipinski definition) is 1. The van der Waals surface area contributed by atoms with Crippen LogP contribution in [-0.4, -0.2) is 12.2 Å². The minimum atomic E-state index is 0.548. The van der Waals surface area contributed by atoms with Gasteiger partial charge in [0.25, 0.3) is 0 Å². The Labute approximate surface area is 97.9 Å². The van der Waals surface area contributed by atoms with E-state index in [9.17, 15) is 0 Å². The van der Waals surface area contributed by atoms with Crippen LogP contribution < -0.4 is 0 Å². The summed E-state index contributed by atoms with van der Waals surface area (Å²) < 4.78 is 5.99. The van der Waals surface area contributed by atoms with E-state index in [0.717, 1.165) is 23.7 Å². The maximum absolute atomic E-state index is 5.99. The maximum Gasteiger partial charge on any atom is 0.0884 e. The lowest BCUT2D eigenvalue weighted by molar-refractivity contribution is 0.0681. The van der Waals surface area contributed by atoms with E-state index in [-0.39, 0.29) is 0 Å². The van der Waals surface area contributed by atoms with Crippen LogP contribution in [0.25, 0.3) is 0 Å². The average molecular weight is 218 g/mol. The molecule has 16 heavy (non-hydrogen) atoms. The average Bonchev–Trinajstić information content (AvgIpc) is 2.93. The molecule has 88 valence electrons. The Balaban J connectivity index is 1.78. The van der Waals surface area contributed by atoms with Crippen LogP contribution in [0.5, 0.6) is 0 Å². The van der Waals surface area contributed by atoms with Gasteiger partial charge in [-0.05, 0) is 46.8 Å². The molecule has 5 rings (SSSR count). The van der Waals surface area contributed by atoms with E-state index < -0.39 is 0 Å². The number of epoxide rings is 1. The van der Waals surface area contributed by atoms with Crippen LogP contribution in [-0.2, 0) is 4.74 Å². The molecule has 1 saturated heterocycles. The van der Waals surface area contributed by atoms with Gasteiger partial charge in [0.1, 0.15) is 0 Å². The van der Waals surface area contributed by atoms with E-state index in [1.807, 2.05) is 0 Å². The molecule has 1 aliphatic heterocycles. The van der Waals surface area contributed by atoms with Crippen molar-refractivity contribution in [3.63, 3.8) is 0 Å². The molecule has 1 heteroatoms.